The minimum absolute atomic E-state index is 0.239. The summed E-state index contributed by atoms with van der Waals surface area (Å²) in [5.74, 6) is 1.26. The van der Waals surface area contributed by atoms with E-state index in [4.69, 9.17) is 17.0 Å². The lowest BCUT2D eigenvalue weighted by atomic mass is 9.92. The van der Waals surface area contributed by atoms with Gasteiger partial charge in [-0.05, 0) is 55.3 Å². The molecule has 3 N–H and O–H groups in total. The van der Waals surface area contributed by atoms with Gasteiger partial charge in [0.05, 0.1) is 7.11 Å². The lowest BCUT2D eigenvalue weighted by Gasteiger charge is -2.23. The van der Waals surface area contributed by atoms with Crippen LogP contribution in [-0.2, 0) is 10.3 Å². The van der Waals surface area contributed by atoms with Gasteiger partial charge in [-0.15, -0.1) is 0 Å². The van der Waals surface area contributed by atoms with Crippen LogP contribution in [0.15, 0.2) is 24.3 Å². The average Bonchev–Trinajstić information content (AvgIpc) is 2.83. The van der Waals surface area contributed by atoms with E-state index in [0.717, 1.165) is 17.2 Å². The van der Waals surface area contributed by atoms with Gasteiger partial charge in [0, 0.05) is 6.54 Å². The highest BCUT2D eigenvalue weighted by Crippen LogP contribution is 2.29. The quantitative estimate of drug-likeness (QED) is 0.375. The van der Waals surface area contributed by atoms with E-state index in [1.807, 2.05) is 6.26 Å². The molecule has 0 spiro atoms. The van der Waals surface area contributed by atoms with E-state index in [0.29, 0.717) is 17.9 Å². The van der Waals surface area contributed by atoms with Crippen molar-refractivity contribution < 1.29 is 14.3 Å². The van der Waals surface area contributed by atoms with Crippen LogP contribution >= 0.6 is 24.0 Å². The van der Waals surface area contributed by atoms with Crippen LogP contribution in [0.5, 0.6) is 5.75 Å². The zero-order chi connectivity index (χ0) is 18.4. The summed E-state index contributed by atoms with van der Waals surface area (Å²) in [6, 6.07) is 6.44. The molecule has 1 fully saturated rings. The number of benzene rings is 1. The minimum atomic E-state index is -1.16. The first-order chi connectivity index (χ1) is 11.9. The van der Waals surface area contributed by atoms with Crippen molar-refractivity contribution in [2.24, 2.45) is 0 Å². The molecule has 0 aliphatic carbocycles. The smallest absolute Gasteiger partial charge is 0.344 e. The number of nitrogens with one attached hydrogen (secondary N) is 3. The Labute approximate surface area is 156 Å². The van der Waals surface area contributed by atoms with Gasteiger partial charge in [0.1, 0.15) is 11.3 Å². The maximum Gasteiger partial charge on any atom is 0.344 e. The predicted molar refractivity (Wildman–Crippen MR) is 102 cm³/mol. The summed E-state index contributed by atoms with van der Waals surface area (Å²) in [5, 5.41) is 6.84. The highest BCUT2D eigenvalue weighted by atomic mass is 32.2. The van der Waals surface area contributed by atoms with Crippen molar-refractivity contribution in [3.63, 3.8) is 0 Å². The fraction of sp³-hybridized carbons (Fsp3) is 0.438. The number of hydrazine groups is 1. The molecule has 1 aliphatic heterocycles. The number of thiocarbonyl (C=S) groups is 1. The summed E-state index contributed by atoms with van der Waals surface area (Å²) < 4.78 is 5.12. The Hall–Kier alpha value is -2.00. The number of hydrogen-bond donors (Lipinski definition) is 3. The van der Waals surface area contributed by atoms with Gasteiger partial charge in [-0.3, -0.25) is 10.2 Å². The van der Waals surface area contributed by atoms with Gasteiger partial charge in [-0.2, -0.15) is 16.8 Å². The van der Waals surface area contributed by atoms with Crippen LogP contribution in [0.4, 0.5) is 4.79 Å². The number of thioether (sulfide) groups is 1. The van der Waals surface area contributed by atoms with Crippen LogP contribution in [0.2, 0.25) is 0 Å². The largest absolute Gasteiger partial charge is 0.497 e. The number of rotatable bonds is 7. The van der Waals surface area contributed by atoms with Crippen molar-refractivity contribution in [3.8, 4) is 5.75 Å². The number of nitrogens with zero attached hydrogens (tertiary/aromatic N) is 1. The highest BCUT2D eigenvalue weighted by Gasteiger charge is 2.49. The molecule has 0 aromatic heterocycles. The van der Waals surface area contributed by atoms with Crippen LogP contribution in [0.1, 0.15) is 18.9 Å². The standard InChI is InChI=1S/C16H22N4O3S2/c1-16(11-5-7-12(23-2)8-6-11)13(21)20(15(22)18-16)19-14(24)17-9-4-10-25-3/h5-8H,4,9-10H2,1-3H3,(H,18,22)(H2,17,19,24)/t16-/m1/s1. The molecule has 7 nitrogen and oxygen atoms in total. The Kier molecular flexibility index (Phi) is 6.49. The van der Waals surface area contributed by atoms with E-state index in [9.17, 15) is 9.59 Å². The van der Waals surface area contributed by atoms with Crippen molar-refractivity contribution in [1.29, 1.82) is 0 Å². The Morgan fingerprint density at radius 2 is 2.04 bits per heavy atom. The number of carbonyl (C=O) groups is 2. The van der Waals surface area contributed by atoms with Gasteiger partial charge in [-0.25, -0.2) is 4.79 Å². The molecular weight excluding hydrogens is 360 g/mol. The van der Waals surface area contributed by atoms with Gasteiger partial charge in [0.15, 0.2) is 5.11 Å². The molecule has 1 aromatic carbocycles. The third-order valence-electron chi connectivity index (χ3n) is 3.88. The second kappa shape index (κ2) is 8.39. The molecule has 0 unspecified atom stereocenters. The second-order valence-corrected chi connectivity index (χ2v) is 7.03. The molecule has 0 bridgehead atoms. The number of urea groups is 1. The van der Waals surface area contributed by atoms with Crippen LogP contribution < -0.4 is 20.8 Å². The molecular formula is C16H22N4O3S2. The first-order valence-corrected chi connectivity index (χ1v) is 9.57. The normalized spacial score (nSPS) is 19.6. The van der Waals surface area contributed by atoms with Crippen LogP contribution in [0, 0.1) is 0 Å². The Morgan fingerprint density at radius 1 is 1.36 bits per heavy atom. The van der Waals surface area contributed by atoms with Gasteiger partial charge < -0.3 is 15.4 Å². The maximum absolute atomic E-state index is 12.8. The Bertz CT molecular complexity index is 653. The first kappa shape index (κ1) is 19.3. The maximum atomic E-state index is 12.8. The SMILES string of the molecule is COc1ccc([C@@]2(C)NC(=O)N(NC(=S)NCCCSC)C2=O)cc1. The zero-order valence-corrected chi connectivity index (χ0v) is 16.1. The molecule has 1 heterocycles. The van der Waals surface area contributed by atoms with Gasteiger partial charge in [0.25, 0.3) is 5.91 Å². The number of imide groups is 1. The molecule has 25 heavy (non-hydrogen) atoms. The van der Waals surface area contributed by atoms with E-state index < -0.39 is 17.5 Å². The van der Waals surface area contributed by atoms with Crippen LogP contribution in [-0.4, -0.2) is 47.7 Å². The zero-order valence-electron chi connectivity index (χ0n) is 14.4. The van der Waals surface area contributed by atoms with Crippen molar-refractivity contribution >= 4 is 41.0 Å². The molecule has 1 atom stereocenters. The molecule has 3 amide bonds. The van der Waals surface area contributed by atoms with Crippen LogP contribution in [0.25, 0.3) is 0 Å². The van der Waals surface area contributed by atoms with E-state index in [-0.39, 0.29) is 5.11 Å². The molecule has 0 radical (unpaired) electrons. The van der Waals surface area contributed by atoms with Crippen LogP contribution in [0.3, 0.4) is 0 Å². The molecule has 1 aromatic rings. The van der Waals surface area contributed by atoms with Crippen molar-refractivity contribution in [2.45, 2.75) is 18.9 Å². The molecule has 2 rings (SSSR count). The highest BCUT2D eigenvalue weighted by molar-refractivity contribution is 7.98. The summed E-state index contributed by atoms with van der Waals surface area (Å²) in [5.41, 5.74) is 2.16. The predicted octanol–water partition coefficient (Wildman–Crippen LogP) is 1.59. The fourth-order valence-electron chi connectivity index (χ4n) is 2.42. The first-order valence-electron chi connectivity index (χ1n) is 7.77. The minimum Gasteiger partial charge on any atom is -0.497 e. The third-order valence-corrected chi connectivity index (χ3v) is 4.81. The molecule has 0 saturated carbocycles. The van der Waals surface area contributed by atoms with E-state index in [1.54, 1.807) is 50.1 Å². The fourth-order valence-corrected chi connectivity index (χ4v) is 3.05. The van der Waals surface area contributed by atoms with Gasteiger partial charge >= 0.3 is 6.03 Å². The van der Waals surface area contributed by atoms with Gasteiger partial charge in [0.2, 0.25) is 0 Å². The summed E-state index contributed by atoms with van der Waals surface area (Å²) in [4.78, 5) is 25.0. The monoisotopic (exact) mass is 382 g/mol. The topological polar surface area (TPSA) is 82.7 Å². The molecule has 1 aliphatic rings. The molecule has 1 saturated heterocycles. The van der Waals surface area contributed by atoms with Crippen molar-refractivity contribution in [2.75, 3.05) is 25.7 Å². The summed E-state index contributed by atoms with van der Waals surface area (Å²) in [7, 11) is 1.57. The lowest BCUT2D eigenvalue weighted by Crippen LogP contribution is -2.51. The van der Waals surface area contributed by atoms with E-state index in [1.165, 1.54) is 0 Å². The molecule has 9 heteroatoms. The Morgan fingerprint density at radius 3 is 2.64 bits per heavy atom. The third kappa shape index (κ3) is 4.35. The number of hydrogen-bond acceptors (Lipinski definition) is 5. The van der Waals surface area contributed by atoms with E-state index in [2.05, 4.69) is 16.1 Å². The summed E-state index contributed by atoms with van der Waals surface area (Å²) >= 11 is 6.90. The van der Waals surface area contributed by atoms with Crippen molar-refractivity contribution in [1.82, 2.24) is 21.1 Å². The second-order valence-electron chi connectivity index (χ2n) is 5.64. The van der Waals surface area contributed by atoms with Crippen molar-refractivity contribution in [3.05, 3.63) is 29.8 Å². The number of carbonyl (C=O) groups excluding carboxylic acids is 2. The van der Waals surface area contributed by atoms with E-state index >= 15 is 0 Å². The summed E-state index contributed by atoms with van der Waals surface area (Å²) in [6.07, 6.45) is 2.97. The number of methoxy groups -OCH3 is 1. The lowest BCUT2D eigenvalue weighted by molar-refractivity contribution is -0.132. The summed E-state index contributed by atoms with van der Waals surface area (Å²) in [6.45, 7) is 2.33. The number of ether oxygens (including phenoxy) is 1. The average molecular weight is 383 g/mol. The molecule has 136 valence electrons. The number of amides is 3. The Balaban J connectivity index is 2.04. The van der Waals surface area contributed by atoms with Gasteiger partial charge in [-0.1, -0.05) is 12.1 Å².